The molecule has 76 valence electrons. The van der Waals surface area contributed by atoms with E-state index in [1.54, 1.807) is 6.07 Å². The summed E-state index contributed by atoms with van der Waals surface area (Å²) in [4.78, 5) is 10.6. The molecule has 3 nitrogen and oxygen atoms in total. The molecule has 1 rings (SSSR count). The van der Waals surface area contributed by atoms with Crippen LogP contribution in [0.2, 0.25) is 0 Å². The summed E-state index contributed by atoms with van der Waals surface area (Å²) in [6, 6.07) is 4.34. The van der Waals surface area contributed by atoms with Crippen molar-refractivity contribution in [2.45, 2.75) is 0 Å². The lowest BCUT2D eigenvalue weighted by molar-refractivity contribution is 0.0696. The van der Waals surface area contributed by atoms with Crippen LogP contribution in [0.1, 0.15) is 10.4 Å². The molecule has 0 saturated heterocycles. The van der Waals surface area contributed by atoms with Crippen molar-refractivity contribution in [3.8, 4) is 5.75 Å². The number of hydrogen-bond acceptors (Lipinski definition) is 2. The molecule has 1 N–H and O–H groups in total. The van der Waals surface area contributed by atoms with E-state index in [1.165, 1.54) is 12.1 Å². The molecule has 0 fully saturated rings. The molecule has 1 aromatic rings. The molecule has 0 saturated carbocycles. The average Bonchev–Trinajstić information content (AvgIpc) is 2.16. The monoisotopic (exact) mass is 262 g/mol. The van der Waals surface area contributed by atoms with Crippen LogP contribution in [0.4, 0.5) is 4.39 Å². The van der Waals surface area contributed by atoms with Gasteiger partial charge in [-0.25, -0.2) is 9.18 Å². The summed E-state index contributed by atoms with van der Waals surface area (Å²) in [7, 11) is 0. The third kappa shape index (κ3) is 2.70. The first-order valence-electron chi connectivity index (χ1n) is 3.86. The van der Waals surface area contributed by atoms with Gasteiger partial charge in [0.25, 0.3) is 0 Å². The van der Waals surface area contributed by atoms with Crippen LogP contribution in [0.3, 0.4) is 0 Å². The molecule has 0 radical (unpaired) electrons. The largest absolute Gasteiger partial charge is 0.490 e. The standard InChI is InChI=1S/C9H8BrFO3/c10-7-2-1-6(9(12)13)5-8(7)14-4-3-11/h1-2,5H,3-4H2,(H,12,13). The van der Waals surface area contributed by atoms with E-state index in [-0.39, 0.29) is 12.2 Å². The van der Waals surface area contributed by atoms with Gasteiger partial charge >= 0.3 is 5.97 Å². The van der Waals surface area contributed by atoms with Crippen molar-refractivity contribution in [1.29, 1.82) is 0 Å². The molecule has 14 heavy (non-hydrogen) atoms. The highest BCUT2D eigenvalue weighted by Crippen LogP contribution is 2.25. The first-order valence-corrected chi connectivity index (χ1v) is 4.66. The van der Waals surface area contributed by atoms with Gasteiger partial charge in [-0.05, 0) is 34.1 Å². The van der Waals surface area contributed by atoms with Crippen LogP contribution in [0.15, 0.2) is 22.7 Å². The topological polar surface area (TPSA) is 46.5 Å². The van der Waals surface area contributed by atoms with Gasteiger partial charge < -0.3 is 9.84 Å². The number of alkyl halides is 1. The molecule has 0 aliphatic rings. The molecule has 0 unspecified atom stereocenters. The highest BCUT2D eigenvalue weighted by Gasteiger charge is 2.07. The zero-order valence-electron chi connectivity index (χ0n) is 7.17. The molecule has 0 spiro atoms. The lowest BCUT2D eigenvalue weighted by atomic mass is 10.2. The Morgan fingerprint density at radius 1 is 1.57 bits per heavy atom. The molecule has 1 aromatic carbocycles. The summed E-state index contributed by atoms with van der Waals surface area (Å²) in [6.45, 7) is -0.689. The van der Waals surface area contributed by atoms with Crippen molar-refractivity contribution < 1.29 is 19.0 Å². The number of hydrogen-bond donors (Lipinski definition) is 1. The molecular weight excluding hydrogens is 255 g/mol. The van der Waals surface area contributed by atoms with Crippen LogP contribution in [0.25, 0.3) is 0 Å². The van der Waals surface area contributed by atoms with Crippen molar-refractivity contribution in [2.24, 2.45) is 0 Å². The number of carboxylic acids is 1. The summed E-state index contributed by atoms with van der Waals surface area (Å²) >= 11 is 3.17. The van der Waals surface area contributed by atoms with Crippen LogP contribution in [-0.4, -0.2) is 24.4 Å². The Labute approximate surface area is 88.6 Å². The number of carboxylic acid groups (broad SMARTS) is 1. The number of ether oxygens (including phenoxy) is 1. The lowest BCUT2D eigenvalue weighted by Crippen LogP contribution is -2.02. The van der Waals surface area contributed by atoms with Gasteiger partial charge in [-0.1, -0.05) is 0 Å². The fraction of sp³-hybridized carbons (Fsp3) is 0.222. The summed E-state index contributed by atoms with van der Waals surface area (Å²) < 4.78 is 17.4. The van der Waals surface area contributed by atoms with Gasteiger partial charge in [0, 0.05) is 0 Å². The molecule has 5 heteroatoms. The first kappa shape index (κ1) is 11.0. The van der Waals surface area contributed by atoms with E-state index in [0.29, 0.717) is 10.2 Å². The third-order valence-corrected chi connectivity index (χ3v) is 2.17. The smallest absolute Gasteiger partial charge is 0.335 e. The highest BCUT2D eigenvalue weighted by molar-refractivity contribution is 9.10. The number of benzene rings is 1. The fourth-order valence-corrected chi connectivity index (χ4v) is 1.26. The summed E-state index contributed by atoms with van der Waals surface area (Å²) in [6.07, 6.45) is 0. The molecule has 0 heterocycles. The minimum Gasteiger partial charge on any atom is -0.490 e. The normalized spacial score (nSPS) is 9.86. The van der Waals surface area contributed by atoms with Crippen molar-refractivity contribution >= 4 is 21.9 Å². The number of aromatic carboxylic acids is 1. The van der Waals surface area contributed by atoms with Gasteiger partial charge in [-0.15, -0.1) is 0 Å². The molecule has 0 aliphatic carbocycles. The van der Waals surface area contributed by atoms with Crippen molar-refractivity contribution in [1.82, 2.24) is 0 Å². The van der Waals surface area contributed by atoms with Gasteiger partial charge in [0.15, 0.2) is 0 Å². The van der Waals surface area contributed by atoms with E-state index in [2.05, 4.69) is 15.9 Å². The Hall–Kier alpha value is -1.10. The molecular formula is C9H8BrFO3. The minimum absolute atomic E-state index is 0.0817. The molecule has 0 aliphatic heterocycles. The minimum atomic E-state index is -1.04. The zero-order valence-corrected chi connectivity index (χ0v) is 8.75. The predicted octanol–water partition coefficient (Wildman–Crippen LogP) is 2.50. The fourth-order valence-electron chi connectivity index (χ4n) is 0.896. The maximum absolute atomic E-state index is 11.8. The van der Waals surface area contributed by atoms with Crippen molar-refractivity contribution in [3.05, 3.63) is 28.2 Å². The van der Waals surface area contributed by atoms with Gasteiger partial charge in [-0.2, -0.15) is 0 Å². The van der Waals surface area contributed by atoms with E-state index >= 15 is 0 Å². The maximum Gasteiger partial charge on any atom is 0.335 e. The second-order valence-electron chi connectivity index (χ2n) is 2.49. The van der Waals surface area contributed by atoms with Crippen molar-refractivity contribution in [2.75, 3.05) is 13.3 Å². The molecule has 0 bridgehead atoms. The zero-order chi connectivity index (χ0) is 10.6. The Morgan fingerprint density at radius 3 is 2.86 bits per heavy atom. The Bertz CT molecular complexity index is 341. The second kappa shape index (κ2) is 4.95. The predicted molar refractivity (Wildman–Crippen MR) is 52.6 cm³/mol. The quantitative estimate of drug-likeness (QED) is 0.907. The van der Waals surface area contributed by atoms with E-state index in [1.807, 2.05) is 0 Å². The van der Waals surface area contributed by atoms with Crippen LogP contribution in [-0.2, 0) is 0 Å². The van der Waals surface area contributed by atoms with Gasteiger partial charge in [0.2, 0.25) is 0 Å². The third-order valence-electron chi connectivity index (χ3n) is 1.51. The summed E-state index contributed by atoms with van der Waals surface area (Å²) in [5.74, 6) is -0.704. The Balaban J connectivity index is 2.90. The van der Waals surface area contributed by atoms with Crippen LogP contribution in [0, 0.1) is 0 Å². The highest BCUT2D eigenvalue weighted by atomic mass is 79.9. The van der Waals surface area contributed by atoms with Crippen molar-refractivity contribution in [3.63, 3.8) is 0 Å². The SMILES string of the molecule is O=C(O)c1ccc(Br)c(OCCF)c1. The van der Waals surface area contributed by atoms with E-state index < -0.39 is 12.6 Å². The van der Waals surface area contributed by atoms with E-state index in [4.69, 9.17) is 9.84 Å². The molecule has 0 aromatic heterocycles. The molecule has 0 atom stereocenters. The molecule has 0 amide bonds. The number of halogens is 2. The summed E-state index contributed by atoms with van der Waals surface area (Å²) in [5.41, 5.74) is 0.113. The Morgan fingerprint density at radius 2 is 2.29 bits per heavy atom. The number of carbonyl (C=O) groups is 1. The second-order valence-corrected chi connectivity index (χ2v) is 3.34. The van der Waals surface area contributed by atoms with Crippen LogP contribution >= 0.6 is 15.9 Å². The van der Waals surface area contributed by atoms with Gasteiger partial charge in [0.1, 0.15) is 19.0 Å². The van der Waals surface area contributed by atoms with Gasteiger partial charge in [-0.3, -0.25) is 0 Å². The summed E-state index contributed by atoms with van der Waals surface area (Å²) in [5, 5.41) is 8.68. The van der Waals surface area contributed by atoms with E-state index in [9.17, 15) is 9.18 Å². The first-order chi connectivity index (χ1) is 6.65. The average molecular weight is 263 g/mol. The maximum atomic E-state index is 11.8. The van der Waals surface area contributed by atoms with Gasteiger partial charge in [0.05, 0.1) is 10.0 Å². The van der Waals surface area contributed by atoms with Crippen LogP contribution in [0.5, 0.6) is 5.75 Å². The Kier molecular flexibility index (Phi) is 3.88. The number of rotatable bonds is 4. The van der Waals surface area contributed by atoms with Crippen LogP contribution < -0.4 is 4.74 Å². The van der Waals surface area contributed by atoms with E-state index in [0.717, 1.165) is 0 Å². The lowest BCUT2D eigenvalue weighted by Gasteiger charge is -2.06.